The van der Waals surface area contributed by atoms with Crippen LogP contribution in [0.4, 0.5) is 0 Å². The third kappa shape index (κ3) is 2.20. The van der Waals surface area contributed by atoms with E-state index in [9.17, 15) is 0 Å². The molecule has 0 unspecified atom stereocenters. The molecule has 0 aliphatic carbocycles. The van der Waals surface area contributed by atoms with Crippen LogP contribution < -0.4 is 4.74 Å². The number of rotatable bonds is 3. The fourth-order valence-corrected chi connectivity index (χ4v) is 0.765. The number of nitrogens with zero attached hydrogens (tertiary/aromatic N) is 1. The minimum Gasteiger partial charge on any atom is -0.495 e. The van der Waals surface area contributed by atoms with Crippen molar-refractivity contribution in [2.45, 2.75) is 6.61 Å². The van der Waals surface area contributed by atoms with Crippen LogP contribution in [0, 0.1) is 0 Å². The summed E-state index contributed by atoms with van der Waals surface area (Å²) in [6.45, 7) is 0.546. The summed E-state index contributed by atoms with van der Waals surface area (Å²) in [5.74, 6) is 0.768. The Bertz CT molecular complexity index is 208. The molecule has 0 spiro atoms. The first-order chi connectivity index (χ1) is 5.36. The van der Waals surface area contributed by atoms with Gasteiger partial charge < -0.3 is 9.47 Å². The van der Waals surface area contributed by atoms with E-state index in [1.807, 2.05) is 12.1 Å². The van der Waals surface area contributed by atoms with Gasteiger partial charge in [0.2, 0.25) is 0 Å². The first-order valence-electron chi connectivity index (χ1n) is 3.34. The Kier molecular flexibility index (Phi) is 2.86. The Morgan fingerprint density at radius 2 is 2.18 bits per heavy atom. The minimum absolute atomic E-state index is 0.546. The Morgan fingerprint density at radius 1 is 1.36 bits per heavy atom. The molecule has 0 bridgehead atoms. The minimum atomic E-state index is 0.546. The lowest BCUT2D eigenvalue weighted by Crippen LogP contribution is -1.92. The topological polar surface area (TPSA) is 31.4 Å². The molecule has 0 radical (unpaired) electrons. The predicted molar refractivity (Wildman–Crippen MR) is 41.5 cm³/mol. The van der Waals surface area contributed by atoms with Crippen molar-refractivity contribution in [1.29, 1.82) is 0 Å². The largest absolute Gasteiger partial charge is 0.495 e. The summed E-state index contributed by atoms with van der Waals surface area (Å²) < 4.78 is 9.84. The molecule has 60 valence electrons. The molecule has 3 nitrogen and oxygen atoms in total. The Hall–Kier alpha value is -1.09. The molecule has 1 heterocycles. The summed E-state index contributed by atoms with van der Waals surface area (Å²) in [6, 6.07) is 3.74. The molecule has 0 aliphatic rings. The standard InChI is InChI=1S/C8H11NO2/c1-10-6-7-3-4-8(11-2)5-9-7/h3-5H,6H2,1-2H3. The van der Waals surface area contributed by atoms with Crippen molar-refractivity contribution in [1.82, 2.24) is 4.98 Å². The molecule has 0 saturated carbocycles. The third-order valence-corrected chi connectivity index (χ3v) is 1.33. The third-order valence-electron chi connectivity index (χ3n) is 1.33. The fraction of sp³-hybridized carbons (Fsp3) is 0.375. The molecule has 0 atom stereocenters. The molecule has 1 rings (SSSR count). The van der Waals surface area contributed by atoms with Gasteiger partial charge in [-0.15, -0.1) is 0 Å². The van der Waals surface area contributed by atoms with Gasteiger partial charge >= 0.3 is 0 Å². The summed E-state index contributed by atoms with van der Waals surface area (Å²) in [7, 11) is 3.26. The van der Waals surface area contributed by atoms with Crippen LogP contribution in [0.15, 0.2) is 18.3 Å². The summed E-state index contributed by atoms with van der Waals surface area (Å²) in [5.41, 5.74) is 0.910. The zero-order valence-corrected chi connectivity index (χ0v) is 6.70. The quantitative estimate of drug-likeness (QED) is 0.654. The van der Waals surface area contributed by atoms with E-state index in [0.717, 1.165) is 11.4 Å². The maximum atomic E-state index is 4.94. The summed E-state index contributed by atoms with van der Waals surface area (Å²) in [6.07, 6.45) is 1.67. The van der Waals surface area contributed by atoms with E-state index >= 15 is 0 Å². The molecule has 0 aliphatic heterocycles. The van der Waals surface area contributed by atoms with Gasteiger partial charge in [0.25, 0.3) is 0 Å². The second-order valence-electron chi connectivity index (χ2n) is 2.12. The second kappa shape index (κ2) is 3.93. The first-order valence-corrected chi connectivity index (χ1v) is 3.34. The van der Waals surface area contributed by atoms with Gasteiger partial charge in [-0.1, -0.05) is 0 Å². The molecule has 1 aromatic rings. The molecule has 0 fully saturated rings. The van der Waals surface area contributed by atoms with Crippen molar-refractivity contribution in [3.05, 3.63) is 24.0 Å². The molecule has 0 aromatic carbocycles. The van der Waals surface area contributed by atoms with Gasteiger partial charge in [0.1, 0.15) is 5.75 Å². The molecule has 11 heavy (non-hydrogen) atoms. The van der Waals surface area contributed by atoms with Crippen molar-refractivity contribution < 1.29 is 9.47 Å². The lowest BCUT2D eigenvalue weighted by atomic mass is 10.3. The SMILES string of the molecule is COCc1ccc(OC)cn1. The van der Waals surface area contributed by atoms with Crippen molar-refractivity contribution in [2.24, 2.45) is 0 Å². The second-order valence-corrected chi connectivity index (χ2v) is 2.12. The van der Waals surface area contributed by atoms with E-state index in [1.165, 1.54) is 0 Å². The Labute approximate surface area is 66.0 Å². The van der Waals surface area contributed by atoms with Gasteiger partial charge in [-0.05, 0) is 12.1 Å². The number of ether oxygens (including phenoxy) is 2. The number of pyridine rings is 1. The lowest BCUT2D eigenvalue weighted by molar-refractivity contribution is 0.181. The van der Waals surface area contributed by atoms with Gasteiger partial charge in [-0.3, -0.25) is 4.98 Å². The van der Waals surface area contributed by atoms with Gasteiger partial charge in [-0.2, -0.15) is 0 Å². The number of aromatic nitrogens is 1. The van der Waals surface area contributed by atoms with Gasteiger partial charge in [0, 0.05) is 7.11 Å². The fourth-order valence-electron chi connectivity index (χ4n) is 0.765. The molecular weight excluding hydrogens is 142 g/mol. The van der Waals surface area contributed by atoms with Gasteiger partial charge in [0.05, 0.1) is 25.6 Å². The maximum absolute atomic E-state index is 4.94. The average Bonchev–Trinajstić information content (AvgIpc) is 2.07. The highest BCUT2D eigenvalue weighted by Crippen LogP contribution is 2.07. The number of hydrogen-bond acceptors (Lipinski definition) is 3. The smallest absolute Gasteiger partial charge is 0.137 e. The van der Waals surface area contributed by atoms with E-state index < -0.39 is 0 Å². The highest BCUT2D eigenvalue weighted by Gasteiger charge is 1.93. The zero-order valence-electron chi connectivity index (χ0n) is 6.70. The molecule has 0 saturated heterocycles. The maximum Gasteiger partial charge on any atom is 0.137 e. The Balaban J connectivity index is 2.66. The van der Waals surface area contributed by atoms with Crippen molar-refractivity contribution >= 4 is 0 Å². The van der Waals surface area contributed by atoms with Crippen molar-refractivity contribution in [3.8, 4) is 5.75 Å². The normalized spacial score (nSPS) is 9.64. The molecule has 1 aromatic heterocycles. The van der Waals surface area contributed by atoms with Crippen LogP contribution in [-0.2, 0) is 11.3 Å². The predicted octanol–water partition coefficient (Wildman–Crippen LogP) is 1.24. The van der Waals surface area contributed by atoms with Crippen LogP contribution in [0.1, 0.15) is 5.69 Å². The first kappa shape index (κ1) is 8.01. The van der Waals surface area contributed by atoms with E-state index in [0.29, 0.717) is 6.61 Å². The van der Waals surface area contributed by atoms with Crippen LogP contribution in [0.25, 0.3) is 0 Å². The number of methoxy groups -OCH3 is 2. The van der Waals surface area contributed by atoms with E-state index in [2.05, 4.69) is 4.98 Å². The lowest BCUT2D eigenvalue weighted by Gasteiger charge is -2.00. The summed E-state index contributed by atoms with van der Waals surface area (Å²) in [5, 5.41) is 0. The van der Waals surface area contributed by atoms with Crippen molar-refractivity contribution in [2.75, 3.05) is 14.2 Å². The van der Waals surface area contributed by atoms with Crippen LogP contribution in [0.5, 0.6) is 5.75 Å². The van der Waals surface area contributed by atoms with Crippen LogP contribution in [-0.4, -0.2) is 19.2 Å². The van der Waals surface area contributed by atoms with Crippen molar-refractivity contribution in [3.63, 3.8) is 0 Å². The molecule has 3 heteroatoms. The van der Waals surface area contributed by atoms with Crippen LogP contribution in [0.3, 0.4) is 0 Å². The number of hydrogen-bond donors (Lipinski definition) is 0. The Morgan fingerprint density at radius 3 is 2.64 bits per heavy atom. The van der Waals surface area contributed by atoms with E-state index in [-0.39, 0.29) is 0 Å². The average molecular weight is 153 g/mol. The summed E-state index contributed by atoms with van der Waals surface area (Å²) >= 11 is 0. The molecule has 0 N–H and O–H groups in total. The van der Waals surface area contributed by atoms with Crippen LogP contribution in [0.2, 0.25) is 0 Å². The van der Waals surface area contributed by atoms with Crippen LogP contribution >= 0.6 is 0 Å². The van der Waals surface area contributed by atoms with Gasteiger partial charge in [-0.25, -0.2) is 0 Å². The molecular formula is C8H11NO2. The molecule has 0 amide bonds. The monoisotopic (exact) mass is 153 g/mol. The highest BCUT2D eigenvalue weighted by atomic mass is 16.5. The zero-order chi connectivity index (χ0) is 8.10. The van der Waals surface area contributed by atoms with E-state index in [4.69, 9.17) is 9.47 Å². The van der Waals surface area contributed by atoms with E-state index in [1.54, 1.807) is 20.4 Å². The van der Waals surface area contributed by atoms with Gasteiger partial charge in [0.15, 0.2) is 0 Å². The summed E-state index contributed by atoms with van der Waals surface area (Å²) in [4.78, 5) is 4.09. The highest BCUT2D eigenvalue weighted by molar-refractivity contribution is 5.19.